The van der Waals surface area contributed by atoms with Crippen LogP contribution in [0.25, 0.3) is 11.4 Å². The maximum absolute atomic E-state index is 11.9. The molecule has 1 heterocycles. The zero-order valence-corrected chi connectivity index (χ0v) is 14.7. The van der Waals surface area contributed by atoms with E-state index in [1.165, 1.54) is 11.8 Å². The van der Waals surface area contributed by atoms with Crippen LogP contribution in [0.1, 0.15) is 6.92 Å². The zero-order chi connectivity index (χ0) is 18.4. The van der Waals surface area contributed by atoms with Crippen molar-refractivity contribution in [2.45, 2.75) is 23.9 Å². The number of hydrogen-bond donors (Lipinski definition) is 2. The second-order valence-corrected chi connectivity index (χ2v) is 6.33. The minimum absolute atomic E-state index is 0.451. The van der Waals surface area contributed by atoms with Gasteiger partial charge in [-0.25, -0.2) is 4.79 Å². The molecule has 0 aliphatic rings. The smallest absolute Gasteiger partial charge is 0.318 e. The van der Waals surface area contributed by atoms with E-state index in [9.17, 15) is 9.59 Å². The third-order valence-electron chi connectivity index (χ3n) is 3.27. The van der Waals surface area contributed by atoms with E-state index in [4.69, 9.17) is 10.5 Å². The minimum atomic E-state index is -0.889. The number of urea groups is 1. The van der Waals surface area contributed by atoms with Gasteiger partial charge in [0.05, 0.1) is 17.9 Å². The van der Waals surface area contributed by atoms with Crippen LogP contribution in [-0.2, 0) is 11.3 Å². The molecule has 2 rings (SSSR count). The van der Waals surface area contributed by atoms with Crippen molar-refractivity contribution in [3.8, 4) is 17.1 Å². The Morgan fingerprint density at radius 1 is 1.44 bits per heavy atom. The predicted molar refractivity (Wildman–Crippen MR) is 95.3 cm³/mol. The Kier molecular flexibility index (Phi) is 6.18. The number of ether oxygens (including phenoxy) is 1. The molecule has 0 spiro atoms. The quantitative estimate of drug-likeness (QED) is 0.574. The number of carbonyl (C=O) groups excluding carboxylic acids is 2. The van der Waals surface area contributed by atoms with Crippen molar-refractivity contribution in [3.05, 3.63) is 36.9 Å². The maximum Gasteiger partial charge on any atom is 0.318 e. The Bertz CT molecular complexity index is 790. The molecule has 0 radical (unpaired) electrons. The Balaban J connectivity index is 2.35. The first-order chi connectivity index (χ1) is 12.0. The molecule has 0 saturated heterocycles. The first kappa shape index (κ1) is 18.5. The molecular formula is C16H19N5O3S. The number of benzene rings is 1. The summed E-state index contributed by atoms with van der Waals surface area (Å²) in [6, 6.07) is 6.56. The largest absolute Gasteiger partial charge is 0.496 e. The number of rotatable bonds is 7. The number of carbonyl (C=O) groups is 2. The molecule has 0 fully saturated rings. The highest BCUT2D eigenvalue weighted by atomic mass is 32.2. The van der Waals surface area contributed by atoms with Gasteiger partial charge in [0, 0.05) is 6.54 Å². The second-order valence-electron chi connectivity index (χ2n) is 5.02. The maximum atomic E-state index is 11.9. The Morgan fingerprint density at radius 2 is 2.16 bits per heavy atom. The lowest BCUT2D eigenvalue weighted by Crippen LogP contribution is -2.39. The molecular weight excluding hydrogens is 342 g/mol. The number of imide groups is 1. The average Bonchev–Trinajstić information content (AvgIpc) is 2.97. The van der Waals surface area contributed by atoms with Crippen molar-refractivity contribution in [2.75, 3.05) is 7.11 Å². The Labute approximate surface area is 149 Å². The van der Waals surface area contributed by atoms with Gasteiger partial charge in [-0.05, 0) is 19.1 Å². The number of amides is 3. The molecule has 3 N–H and O–H groups in total. The van der Waals surface area contributed by atoms with Crippen LogP contribution >= 0.6 is 11.8 Å². The van der Waals surface area contributed by atoms with Gasteiger partial charge in [-0.1, -0.05) is 30.0 Å². The number of primary amides is 1. The molecule has 1 aromatic carbocycles. The second kappa shape index (κ2) is 8.34. The summed E-state index contributed by atoms with van der Waals surface area (Å²) < 4.78 is 7.20. The van der Waals surface area contributed by atoms with E-state index in [2.05, 4.69) is 22.1 Å². The van der Waals surface area contributed by atoms with Crippen LogP contribution < -0.4 is 15.8 Å². The number of para-hydroxylation sites is 1. The lowest BCUT2D eigenvalue weighted by Gasteiger charge is -2.12. The summed E-state index contributed by atoms with van der Waals surface area (Å²) in [7, 11) is 1.58. The van der Waals surface area contributed by atoms with Gasteiger partial charge in [0.15, 0.2) is 11.0 Å². The number of nitrogens with one attached hydrogen (secondary N) is 1. The van der Waals surface area contributed by atoms with Gasteiger partial charge in [0.2, 0.25) is 5.91 Å². The topological polar surface area (TPSA) is 112 Å². The third kappa shape index (κ3) is 4.38. The summed E-state index contributed by atoms with van der Waals surface area (Å²) in [5, 5.41) is 10.4. The van der Waals surface area contributed by atoms with Crippen molar-refractivity contribution >= 4 is 23.7 Å². The summed E-state index contributed by atoms with van der Waals surface area (Å²) in [6.07, 6.45) is 1.71. The average molecular weight is 361 g/mol. The Morgan fingerprint density at radius 3 is 2.80 bits per heavy atom. The van der Waals surface area contributed by atoms with Crippen LogP contribution in [0.5, 0.6) is 5.75 Å². The molecule has 1 atom stereocenters. The standard InChI is InChI=1S/C16H19N5O3S/c1-4-9-21-13(11-7-5-6-8-12(11)24-3)19-20-16(21)25-10(2)14(22)18-15(17)23/h4-8,10H,1,9H2,2-3H3,(H3,17,18,22,23)/t10-/m0/s1. The molecule has 0 unspecified atom stereocenters. The van der Waals surface area contributed by atoms with Crippen molar-refractivity contribution in [1.82, 2.24) is 20.1 Å². The third-order valence-corrected chi connectivity index (χ3v) is 4.35. The number of thioether (sulfide) groups is 1. The van der Waals surface area contributed by atoms with E-state index in [0.717, 1.165) is 5.56 Å². The van der Waals surface area contributed by atoms with Gasteiger partial charge in [-0.15, -0.1) is 16.8 Å². The number of nitrogens with zero attached hydrogens (tertiary/aromatic N) is 3. The molecule has 0 bridgehead atoms. The molecule has 0 aliphatic heterocycles. The molecule has 132 valence electrons. The van der Waals surface area contributed by atoms with E-state index in [1.54, 1.807) is 20.1 Å². The molecule has 8 nitrogen and oxygen atoms in total. The fraction of sp³-hybridized carbons (Fsp3) is 0.250. The first-order valence-electron chi connectivity index (χ1n) is 7.42. The summed E-state index contributed by atoms with van der Waals surface area (Å²) in [6.45, 7) is 5.85. The van der Waals surface area contributed by atoms with Gasteiger partial charge in [-0.2, -0.15) is 0 Å². The van der Waals surface area contributed by atoms with Gasteiger partial charge in [-0.3, -0.25) is 14.7 Å². The number of hydrogen-bond acceptors (Lipinski definition) is 6. The van der Waals surface area contributed by atoms with E-state index in [0.29, 0.717) is 23.3 Å². The van der Waals surface area contributed by atoms with Crippen LogP contribution in [0, 0.1) is 0 Å². The molecule has 2 aromatic rings. The molecule has 9 heteroatoms. The number of methoxy groups -OCH3 is 1. The molecule has 25 heavy (non-hydrogen) atoms. The van der Waals surface area contributed by atoms with Crippen molar-refractivity contribution in [2.24, 2.45) is 5.73 Å². The van der Waals surface area contributed by atoms with Gasteiger partial charge in [0.1, 0.15) is 5.75 Å². The van der Waals surface area contributed by atoms with Gasteiger partial charge in [0.25, 0.3) is 0 Å². The molecule has 3 amide bonds. The van der Waals surface area contributed by atoms with E-state index < -0.39 is 17.2 Å². The lowest BCUT2D eigenvalue weighted by atomic mass is 10.2. The lowest BCUT2D eigenvalue weighted by molar-refractivity contribution is -0.119. The monoisotopic (exact) mass is 361 g/mol. The SMILES string of the molecule is C=CCn1c(S[C@@H](C)C(=O)NC(N)=O)nnc1-c1ccccc1OC. The van der Waals surface area contributed by atoms with E-state index in [-0.39, 0.29) is 0 Å². The van der Waals surface area contributed by atoms with Gasteiger partial charge >= 0.3 is 6.03 Å². The Hall–Kier alpha value is -2.81. The fourth-order valence-corrected chi connectivity index (χ4v) is 2.99. The van der Waals surface area contributed by atoms with Crippen LogP contribution in [0.15, 0.2) is 42.1 Å². The van der Waals surface area contributed by atoms with Crippen LogP contribution in [0.2, 0.25) is 0 Å². The van der Waals surface area contributed by atoms with Crippen LogP contribution in [-0.4, -0.2) is 39.1 Å². The highest BCUT2D eigenvalue weighted by Gasteiger charge is 2.22. The van der Waals surface area contributed by atoms with Crippen molar-refractivity contribution in [3.63, 3.8) is 0 Å². The van der Waals surface area contributed by atoms with Crippen LogP contribution in [0.3, 0.4) is 0 Å². The summed E-state index contributed by atoms with van der Waals surface area (Å²) >= 11 is 1.17. The fourth-order valence-electron chi connectivity index (χ4n) is 2.13. The normalized spacial score (nSPS) is 11.6. The van der Waals surface area contributed by atoms with Crippen molar-refractivity contribution < 1.29 is 14.3 Å². The zero-order valence-electron chi connectivity index (χ0n) is 13.9. The minimum Gasteiger partial charge on any atom is -0.496 e. The van der Waals surface area contributed by atoms with E-state index in [1.807, 2.05) is 28.8 Å². The number of allylic oxidation sites excluding steroid dienone is 1. The summed E-state index contributed by atoms with van der Waals surface area (Å²) in [5.41, 5.74) is 5.75. The van der Waals surface area contributed by atoms with E-state index >= 15 is 0 Å². The highest BCUT2D eigenvalue weighted by molar-refractivity contribution is 8.00. The first-order valence-corrected chi connectivity index (χ1v) is 8.30. The van der Waals surface area contributed by atoms with Gasteiger partial charge < -0.3 is 10.5 Å². The molecule has 0 aliphatic carbocycles. The summed E-state index contributed by atoms with van der Waals surface area (Å²) in [4.78, 5) is 22.7. The van der Waals surface area contributed by atoms with Crippen LogP contribution in [0.4, 0.5) is 4.79 Å². The highest BCUT2D eigenvalue weighted by Crippen LogP contribution is 2.32. The van der Waals surface area contributed by atoms with Crippen molar-refractivity contribution in [1.29, 1.82) is 0 Å². The molecule has 0 saturated carbocycles. The number of nitrogens with two attached hydrogens (primary N) is 1. The predicted octanol–water partition coefficient (Wildman–Crippen LogP) is 1.82. The molecule has 1 aromatic heterocycles. The summed E-state index contributed by atoms with van der Waals surface area (Å²) in [5.74, 6) is 0.767. The number of aromatic nitrogens is 3.